The van der Waals surface area contributed by atoms with E-state index >= 15 is 0 Å². The van der Waals surface area contributed by atoms with Gasteiger partial charge in [0.2, 0.25) is 0 Å². The summed E-state index contributed by atoms with van der Waals surface area (Å²) in [7, 11) is 0. The summed E-state index contributed by atoms with van der Waals surface area (Å²) in [6.07, 6.45) is 2.87. The second kappa shape index (κ2) is 7.01. The third-order valence-corrected chi connectivity index (χ3v) is 2.94. The Hall–Kier alpha value is -0.350. The molecule has 2 nitrogen and oxygen atoms in total. The molecule has 1 rings (SSSR count). The second-order valence-corrected chi connectivity index (χ2v) is 4.75. The number of carbonyl (C=O) groups excluding carboxylic acids is 1. The van der Waals surface area contributed by atoms with Gasteiger partial charge in [-0.1, -0.05) is 31.9 Å². The van der Waals surface area contributed by atoms with Gasteiger partial charge in [0, 0.05) is 9.80 Å². The highest BCUT2D eigenvalue weighted by atomic mass is 79.9. The quantitative estimate of drug-likeness (QED) is 0.449. The number of hydrogen-bond acceptors (Lipinski definition) is 2. The molecule has 0 aliphatic heterocycles. The standard InChI is InChI=1S/C11H12Br2O2/c12-5-1-2-6-15-11-4-3-10(13)7-9(11)8-14/h3-4,7-8H,1-2,5-6H2. The van der Waals surface area contributed by atoms with Gasteiger partial charge in [0.1, 0.15) is 5.75 Å². The maximum Gasteiger partial charge on any atom is 0.153 e. The van der Waals surface area contributed by atoms with E-state index in [4.69, 9.17) is 4.74 Å². The molecule has 82 valence electrons. The van der Waals surface area contributed by atoms with Gasteiger partial charge in [-0.3, -0.25) is 4.79 Å². The molecule has 0 aromatic heterocycles. The van der Waals surface area contributed by atoms with Crippen molar-refractivity contribution in [1.29, 1.82) is 0 Å². The third-order valence-electron chi connectivity index (χ3n) is 1.88. The van der Waals surface area contributed by atoms with Crippen LogP contribution in [0.1, 0.15) is 23.2 Å². The molecule has 0 saturated heterocycles. The Morgan fingerprint density at radius 1 is 1.33 bits per heavy atom. The minimum absolute atomic E-state index is 0.586. The van der Waals surface area contributed by atoms with Crippen molar-refractivity contribution in [3.8, 4) is 5.75 Å². The van der Waals surface area contributed by atoms with E-state index < -0.39 is 0 Å². The Morgan fingerprint density at radius 3 is 2.80 bits per heavy atom. The first-order chi connectivity index (χ1) is 7.27. The zero-order valence-electron chi connectivity index (χ0n) is 8.21. The fourth-order valence-electron chi connectivity index (χ4n) is 1.12. The van der Waals surface area contributed by atoms with E-state index in [-0.39, 0.29) is 0 Å². The van der Waals surface area contributed by atoms with Crippen molar-refractivity contribution in [3.63, 3.8) is 0 Å². The normalized spacial score (nSPS) is 10.0. The first-order valence-electron chi connectivity index (χ1n) is 4.71. The topological polar surface area (TPSA) is 26.3 Å². The van der Waals surface area contributed by atoms with Gasteiger partial charge in [0.25, 0.3) is 0 Å². The monoisotopic (exact) mass is 334 g/mol. The first kappa shape index (κ1) is 12.7. The van der Waals surface area contributed by atoms with E-state index in [0.717, 1.165) is 28.9 Å². The zero-order chi connectivity index (χ0) is 11.1. The smallest absolute Gasteiger partial charge is 0.153 e. The Morgan fingerprint density at radius 2 is 2.13 bits per heavy atom. The van der Waals surface area contributed by atoms with Gasteiger partial charge in [0.15, 0.2) is 6.29 Å². The molecule has 0 aliphatic rings. The summed E-state index contributed by atoms with van der Waals surface area (Å²) in [5, 5.41) is 0.983. The SMILES string of the molecule is O=Cc1cc(Br)ccc1OCCCCBr. The molecule has 0 N–H and O–H groups in total. The lowest BCUT2D eigenvalue weighted by atomic mass is 10.2. The molecule has 4 heteroatoms. The van der Waals surface area contributed by atoms with E-state index in [1.807, 2.05) is 12.1 Å². The Balaban J connectivity index is 2.56. The molecular formula is C11H12Br2O2. The molecule has 15 heavy (non-hydrogen) atoms. The minimum Gasteiger partial charge on any atom is -0.493 e. The molecule has 1 aromatic carbocycles. The average Bonchev–Trinajstić information content (AvgIpc) is 2.26. The third kappa shape index (κ3) is 4.34. The molecule has 1 aromatic rings. The molecule has 0 amide bonds. The predicted molar refractivity (Wildman–Crippen MR) is 68.1 cm³/mol. The number of benzene rings is 1. The Bertz CT molecular complexity index is 326. The van der Waals surface area contributed by atoms with Gasteiger partial charge in [-0.25, -0.2) is 0 Å². The van der Waals surface area contributed by atoms with Crippen LogP contribution in [0.4, 0.5) is 0 Å². The van der Waals surface area contributed by atoms with Gasteiger partial charge >= 0.3 is 0 Å². The van der Waals surface area contributed by atoms with Gasteiger partial charge in [-0.2, -0.15) is 0 Å². The Kier molecular flexibility index (Phi) is 5.95. The average molecular weight is 336 g/mol. The van der Waals surface area contributed by atoms with Crippen LogP contribution in [0.5, 0.6) is 5.75 Å². The molecule has 0 unspecified atom stereocenters. The summed E-state index contributed by atoms with van der Waals surface area (Å²) in [6.45, 7) is 0.647. The van der Waals surface area contributed by atoms with E-state index in [2.05, 4.69) is 31.9 Å². The van der Waals surface area contributed by atoms with Crippen LogP contribution >= 0.6 is 31.9 Å². The van der Waals surface area contributed by atoms with E-state index in [9.17, 15) is 4.79 Å². The highest BCUT2D eigenvalue weighted by molar-refractivity contribution is 9.10. The number of halogens is 2. The highest BCUT2D eigenvalue weighted by Crippen LogP contribution is 2.21. The van der Waals surface area contributed by atoms with Crippen molar-refractivity contribution >= 4 is 38.1 Å². The second-order valence-electron chi connectivity index (χ2n) is 3.04. The molecule has 0 heterocycles. The molecule has 0 spiro atoms. The lowest BCUT2D eigenvalue weighted by Crippen LogP contribution is -2.00. The summed E-state index contributed by atoms with van der Waals surface area (Å²) in [5.41, 5.74) is 0.586. The van der Waals surface area contributed by atoms with Crippen LogP contribution in [0.3, 0.4) is 0 Å². The van der Waals surface area contributed by atoms with Crippen LogP contribution in [-0.2, 0) is 0 Å². The molecule has 0 aliphatic carbocycles. The summed E-state index contributed by atoms with van der Waals surface area (Å²) in [4.78, 5) is 10.8. The fourth-order valence-corrected chi connectivity index (χ4v) is 1.90. The minimum atomic E-state index is 0.586. The van der Waals surface area contributed by atoms with Crippen molar-refractivity contribution in [2.24, 2.45) is 0 Å². The van der Waals surface area contributed by atoms with E-state index in [1.165, 1.54) is 0 Å². The zero-order valence-corrected chi connectivity index (χ0v) is 11.4. The van der Waals surface area contributed by atoms with Gasteiger partial charge in [0.05, 0.1) is 12.2 Å². The molecule has 0 atom stereocenters. The summed E-state index contributed by atoms with van der Waals surface area (Å²) < 4.78 is 6.40. The number of rotatable bonds is 6. The summed E-state index contributed by atoms with van der Waals surface area (Å²) >= 11 is 6.67. The number of alkyl halides is 1. The summed E-state index contributed by atoms with van der Waals surface area (Å²) in [5.74, 6) is 0.655. The lowest BCUT2D eigenvalue weighted by Gasteiger charge is -2.07. The largest absolute Gasteiger partial charge is 0.493 e. The molecule has 0 saturated carbocycles. The van der Waals surface area contributed by atoms with Crippen molar-refractivity contribution in [3.05, 3.63) is 28.2 Å². The Labute approximate surface area is 106 Å². The predicted octanol–water partition coefficient (Wildman–Crippen LogP) is 3.82. The van der Waals surface area contributed by atoms with Crippen LogP contribution in [0.25, 0.3) is 0 Å². The van der Waals surface area contributed by atoms with Crippen molar-refractivity contribution in [2.45, 2.75) is 12.8 Å². The van der Waals surface area contributed by atoms with E-state index in [0.29, 0.717) is 17.9 Å². The van der Waals surface area contributed by atoms with Crippen molar-refractivity contribution in [2.75, 3.05) is 11.9 Å². The van der Waals surface area contributed by atoms with Gasteiger partial charge < -0.3 is 4.74 Å². The van der Waals surface area contributed by atoms with Crippen LogP contribution < -0.4 is 4.74 Å². The number of carbonyl (C=O) groups is 1. The lowest BCUT2D eigenvalue weighted by molar-refractivity contribution is 0.111. The first-order valence-corrected chi connectivity index (χ1v) is 6.63. The number of ether oxygens (including phenoxy) is 1. The number of unbranched alkanes of at least 4 members (excludes halogenated alkanes) is 1. The van der Waals surface area contributed by atoms with Crippen LogP contribution in [0.2, 0.25) is 0 Å². The maximum atomic E-state index is 10.8. The molecule has 0 bridgehead atoms. The van der Waals surface area contributed by atoms with Gasteiger partial charge in [-0.05, 0) is 31.0 Å². The maximum absolute atomic E-state index is 10.8. The van der Waals surface area contributed by atoms with E-state index in [1.54, 1.807) is 6.07 Å². The van der Waals surface area contributed by atoms with Crippen LogP contribution in [0, 0.1) is 0 Å². The number of hydrogen-bond donors (Lipinski definition) is 0. The molecule has 0 fully saturated rings. The summed E-state index contributed by atoms with van der Waals surface area (Å²) in [6, 6.07) is 5.43. The molecular weight excluding hydrogens is 324 g/mol. The van der Waals surface area contributed by atoms with Crippen LogP contribution in [-0.4, -0.2) is 18.2 Å². The van der Waals surface area contributed by atoms with Gasteiger partial charge in [-0.15, -0.1) is 0 Å². The number of aldehydes is 1. The van der Waals surface area contributed by atoms with Crippen molar-refractivity contribution < 1.29 is 9.53 Å². The van der Waals surface area contributed by atoms with Crippen LogP contribution in [0.15, 0.2) is 22.7 Å². The highest BCUT2D eigenvalue weighted by Gasteiger charge is 2.02. The molecule has 0 radical (unpaired) electrons. The fraction of sp³-hybridized carbons (Fsp3) is 0.364. The van der Waals surface area contributed by atoms with Crippen molar-refractivity contribution in [1.82, 2.24) is 0 Å².